The first-order valence-electron chi connectivity index (χ1n) is 34.7. The van der Waals surface area contributed by atoms with Crippen LogP contribution in [-0.4, -0.2) is 9.55 Å². The summed E-state index contributed by atoms with van der Waals surface area (Å²) in [5, 5.41) is 2.36. The Morgan fingerprint density at radius 3 is 0.869 bits per heavy atom. The molecule has 0 radical (unpaired) electrons. The van der Waals surface area contributed by atoms with Gasteiger partial charge in [-0.25, -0.2) is 4.98 Å². The van der Waals surface area contributed by atoms with Crippen molar-refractivity contribution in [3.63, 3.8) is 0 Å². The lowest BCUT2D eigenvalue weighted by Gasteiger charge is -2.39. The summed E-state index contributed by atoms with van der Waals surface area (Å²) in [6.45, 7) is 0. The first-order chi connectivity index (χ1) is 49.0. The smallest absolute Gasteiger partial charge is 0.0716 e. The third-order valence-electron chi connectivity index (χ3n) is 20.2. The van der Waals surface area contributed by atoms with Crippen LogP contribution in [0.4, 0.5) is 34.1 Å². The minimum absolute atomic E-state index is 0.164. The fraction of sp³-hybridized carbons (Fsp3) is 0.0632. The Bertz CT molecular complexity index is 4980. The van der Waals surface area contributed by atoms with Crippen LogP contribution in [0.1, 0.15) is 43.2 Å². The second-order valence-corrected chi connectivity index (χ2v) is 26.2. The van der Waals surface area contributed by atoms with Crippen molar-refractivity contribution >= 4 is 55.9 Å². The lowest BCUT2D eigenvalue weighted by atomic mass is 9.65. The summed E-state index contributed by atoms with van der Waals surface area (Å²) in [7, 11) is 0. The van der Waals surface area contributed by atoms with E-state index in [9.17, 15) is 0 Å². The predicted molar refractivity (Wildman–Crippen MR) is 416 cm³/mol. The van der Waals surface area contributed by atoms with Gasteiger partial charge in [-0.05, 0) is 225 Å². The molecule has 0 unspecified atom stereocenters. The van der Waals surface area contributed by atoms with E-state index in [0.29, 0.717) is 0 Å². The molecule has 2 heterocycles. The first-order valence-corrected chi connectivity index (χ1v) is 34.7. The van der Waals surface area contributed by atoms with Gasteiger partial charge in [-0.1, -0.05) is 250 Å². The molecule has 2 aromatic heterocycles. The van der Waals surface area contributed by atoms with Crippen LogP contribution in [0.3, 0.4) is 0 Å². The molecule has 1 aliphatic rings. The van der Waals surface area contributed by atoms with E-state index in [4.69, 9.17) is 4.98 Å². The van der Waals surface area contributed by atoms with E-state index in [1.807, 2.05) is 0 Å². The van der Waals surface area contributed by atoms with E-state index in [0.717, 1.165) is 142 Å². The van der Waals surface area contributed by atoms with E-state index in [2.05, 4.69) is 390 Å². The highest BCUT2D eigenvalue weighted by Crippen LogP contribution is 2.48. The minimum atomic E-state index is -0.164. The van der Waals surface area contributed by atoms with Gasteiger partial charge in [-0.15, -0.1) is 0 Å². The minimum Gasteiger partial charge on any atom is -0.310 e. The Labute approximate surface area is 580 Å². The summed E-state index contributed by atoms with van der Waals surface area (Å²) in [4.78, 5) is 10.4. The number of pyridine rings is 1. The maximum Gasteiger partial charge on any atom is 0.0716 e. The summed E-state index contributed by atoms with van der Waals surface area (Å²) in [6, 6.07) is 138. The number of hydrogen-bond acceptors (Lipinski definition) is 3. The number of para-hydroxylation sites is 4. The molecule has 0 N–H and O–H groups in total. The summed E-state index contributed by atoms with van der Waals surface area (Å²) >= 11 is 0. The van der Waals surface area contributed by atoms with E-state index < -0.39 is 0 Å². The lowest BCUT2D eigenvalue weighted by Crippen LogP contribution is -2.30. The molecule has 4 nitrogen and oxygen atoms in total. The molecule has 0 spiro atoms. The molecule has 0 aliphatic heterocycles. The molecule has 99 heavy (non-hydrogen) atoms. The maximum absolute atomic E-state index is 5.70. The quantitative estimate of drug-likeness (QED) is 0.0964. The zero-order valence-electron chi connectivity index (χ0n) is 55.1. The highest BCUT2D eigenvalue weighted by Gasteiger charge is 2.36. The largest absolute Gasteiger partial charge is 0.310 e. The van der Waals surface area contributed by atoms with Crippen molar-refractivity contribution in [2.24, 2.45) is 0 Å². The number of benzene rings is 14. The molecule has 16 aromatic rings. The molecule has 1 saturated carbocycles. The standard InChI is InChI=1S/C95H72N4/c1-10-28-68(29-11-1)73-58-74(69-30-12-2-13-31-69)61-78(60-73)91-64-77(65-92(96-91)79-62-75(70-32-14-3-15-33-70)59-76(63-79)71-34-16-4-17-35-71)72-44-46-80(47-45-72)95(56-26-9-27-57-95)81-48-50-86(51-49-81)99-93-54-52-87(97(82-36-18-5-19-37-82)83-38-20-6-21-39-83)66-89(93)90-67-88(53-55-94(90)99)98(84-40-22-7-23-41-84)85-42-24-8-25-43-85/h1-8,10-25,28-55,58-67H,9,26-27,56-57H2. The van der Waals surface area contributed by atoms with Crippen LogP contribution >= 0.6 is 0 Å². The Balaban J connectivity index is 0.783. The van der Waals surface area contributed by atoms with Gasteiger partial charge in [0.25, 0.3) is 0 Å². The van der Waals surface area contributed by atoms with Crippen molar-refractivity contribution in [1.29, 1.82) is 0 Å². The molecule has 14 aromatic carbocycles. The van der Waals surface area contributed by atoms with Crippen LogP contribution in [0.2, 0.25) is 0 Å². The highest BCUT2D eigenvalue weighted by atomic mass is 15.1. The maximum atomic E-state index is 5.70. The van der Waals surface area contributed by atoms with Crippen molar-refractivity contribution in [2.45, 2.75) is 37.5 Å². The number of anilines is 6. The molecule has 17 rings (SSSR count). The van der Waals surface area contributed by atoms with Crippen molar-refractivity contribution in [3.8, 4) is 83.8 Å². The van der Waals surface area contributed by atoms with Crippen LogP contribution in [0.15, 0.2) is 376 Å². The second kappa shape index (κ2) is 26.7. The molecule has 1 fully saturated rings. The third-order valence-corrected chi connectivity index (χ3v) is 20.2. The van der Waals surface area contributed by atoms with Crippen LogP contribution in [0, 0.1) is 0 Å². The van der Waals surface area contributed by atoms with Gasteiger partial charge in [0.05, 0.1) is 22.4 Å². The van der Waals surface area contributed by atoms with Gasteiger partial charge in [0, 0.05) is 67.1 Å². The molecule has 1 aliphatic carbocycles. The number of fused-ring (bicyclic) bond motifs is 3. The summed E-state index contributed by atoms with van der Waals surface area (Å²) in [5.74, 6) is 0. The van der Waals surface area contributed by atoms with Crippen LogP contribution < -0.4 is 9.80 Å². The first kappa shape index (κ1) is 60.3. The molecule has 4 heteroatoms. The molecule has 472 valence electrons. The van der Waals surface area contributed by atoms with Crippen LogP contribution in [-0.2, 0) is 5.41 Å². The lowest BCUT2D eigenvalue weighted by molar-refractivity contribution is 0.346. The van der Waals surface area contributed by atoms with Crippen molar-refractivity contribution in [3.05, 3.63) is 387 Å². The molecule has 0 amide bonds. The van der Waals surface area contributed by atoms with Crippen molar-refractivity contribution < 1.29 is 0 Å². The number of rotatable bonds is 16. The highest BCUT2D eigenvalue weighted by molar-refractivity contribution is 6.12. The summed E-state index contributed by atoms with van der Waals surface area (Å²) in [5.41, 5.74) is 28.1. The van der Waals surface area contributed by atoms with E-state index in [1.165, 1.54) is 41.2 Å². The fourth-order valence-electron chi connectivity index (χ4n) is 15.3. The Morgan fingerprint density at radius 1 is 0.232 bits per heavy atom. The van der Waals surface area contributed by atoms with Gasteiger partial charge < -0.3 is 14.4 Å². The van der Waals surface area contributed by atoms with Gasteiger partial charge in [-0.3, -0.25) is 0 Å². The molecular formula is C95H72N4. The normalized spacial score (nSPS) is 12.7. The van der Waals surface area contributed by atoms with Gasteiger partial charge >= 0.3 is 0 Å². The predicted octanol–water partition coefficient (Wildman–Crippen LogP) is 26.0. The van der Waals surface area contributed by atoms with Crippen molar-refractivity contribution in [1.82, 2.24) is 9.55 Å². The van der Waals surface area contributed by atoms with Crippen LogP contribution in [0.25, 0.3) is 106 Å². The summed E-state index contributed by atoms with van der Waals surface area (Å²) < 4.78 is 2.48. The average Bonchev–Trinajstić information content (AvgIpc) is 1.63. The SMILES string of the molecule is c1ccc(-c2cc(-c3ccccc3)cc(-c3cc(-c4ccc(C5(c6ccc(-n7c8ccc(N(c9ccccc9)c9ccccc9)cc8c8cc(N(c9ccccc9)c9ccccc9)ccc87)cc6)CCCCC5)cc4)cc(-c4cc(-c5ccccc5)cc(-c5ccccc5)c4)n3)c2)cc1. The molecular weight excluding hydrogens is 1200 g/mol. The van der Waals surface area contributed by atoms with E-state index in [1.54, 1.807) is 0 Å². The van der Waals surface area contributed by atoms with Gasteiger partial charge in [0.1, 0.15) is 0 Å². The number of hydrogen-bond donors (Lipinski definition) is 0. The molecule has 0 bridgehead atoms. The fourth-order valence-corrected chi connectivity index (χ4v) is 15.3. The topological polar surface area (TPSA) is 24.3 Å². The Morgan fingerprint density at radius 2 is 0.525 bits per heavy atom. The molecule has 0 saturated heterocycles. The number of nitrogens with zero attached hydrogens (tertiary/aromatic N) is 4. The van der Waals surface area contributed by atoms with Gasteiger partial charge in [0.2, 0.25) is 0 Å². The number of aromatic nitrogens is 2. The van der Waals surface area contributed by atoms with Crippen LogP contribution in [0.5, 0.6) is 0 Å². The van der Waals surface area contributed by atoms with Gasteiger partial charge in [0.15, 0.2) is 0 Å². The monoisotopic (exact) mass is 1270 g/mol. The van der Waals surface area contributed by atoms with E-state index in [-0.39, 0.29) is 5.41 Å². The van der Waals surface area contributed by atoms with Gasteiger partial charge in [-0.2, -0.15) is 0 Å². The Kier molecular flexibility index (Phi) is 16.2. The van der Waals surface area contributed by atoms with Crippen molar-refractivity contribution in [2.75, 3.05) is 9.80 Å². The summed E-state index contributed by atoms with van der Waals surface area (Å²) in [6.07, 6.45) is 5.74. The van der Waals surface area contributed by atoms with E-state index >= 15 is 0 Å². The average molecular weight is 1270 g/mol. The Hall–Kier alpha value is -12.4. The molecule has 0 atom stereocenters. The zero-order valence-corrected chi connectivity index (χ0v) is 55.1. The second-order valence-electron chi connectivity index (χ2n) is 26.2. The zero-order chi connectivity index (χ0) is 65.9. The third kappa shape index (κ3) is 12.0.